The van der Waals surface area contributed by atoms with Crippen LogP contribution in [0.5, 0.6) is 0 Å². The minimum absolute atomic E-state index is 0.0825. The summed E-state index contributed by atoms with van der Waals surface area (Å²) in [5.74, 6) is 1.46. The maximum absolute atomic E-state index is 6.04. The molecule has 0 aliphatic rings. The summed E-state index contributed by atoms with van der Waals surface area (Å²) >= 11 is 3.65. The van der Waals surface area contributed by atoms with Gasteiger partial charge in [-0.05, 0) is 11.2 Å². The Morgan fingerprint density at radius 3 is 2.60 bits per heavy atom. The predicted molar refractivity (Wildman–Crippen MR) is 70.3 cm³/mol. The number of nitrogens with two attached hydrogens (primary N) is 1. The van der Waals surface area contributed by atoms with Gasteiger partial charge < -0.3 is 5.73 Å². The van der Waals surface area contributed by atoms with E-state index in [1.165, 1.54) is 5.01 Å². The third kappa shape index (κ3) is 4.13. The van der Waals surface area contributed by atoms with Crippen LogP contribution in [0.3, 0.4) is 0 Å². The van der Waals surface area contributed by atoms with Crippen molar-refractivity contribution >= 4 is 23.1 Å². The number of nitrogens with zero attached hydrogens (tertiary/aromatic N) is 1. The van der Waals surface area contributed by atoms with E-state index in [4.69, 9.17) is 5.73 Å². The second-order valence-electron chi connectivity index (χ2n) is 4.30. The minimum atomic E-state index is 0.0825. The standard InChI is InChI=1S/C11H20N2S2/c1-7(2)11(12)9-5-15-10(13-9)6-14-8(3)4/h5,7-8,11H,6,12H2,1-4H3. The van der Waals surface area contributed by atoms with E-state index in [2.05, 4.69) is 38.1 Å². The van der Waals surface area contributed by atoms with Crippen LogP contribution >= 0.6 is 23.1 Å². The highest BCUT2D eigenvalue weighted by molar-refractivity contribution is 7.99. The van der Waals surface area contributed by atoms with Crippen molar-refractivity contribution in [1.82, 2.24) is 4.98 Å². The maximum atomic E-state index is 6.04. The quantitative estimate of drug-likeness (QED) is 0.862. The molecule has 0 saturated heterocycles. The van der Waals surface area contributed by atoms with Crippen LogP contribution in [-0.4, -0.2) is 10.2 Å². The number of hydrogen-bond acceptors (Lipinski definition) is 4. The molecule has 1 aromatic heterocycles. The van der Waals surface area contributed by atoms with Crippen LogP contribution in [0, 0.1) is 5.92 Å². The van der Waals surface area contributed by atoms with E-state index in [0.717, 1.165) is 11.4 Å². The molecular weight excluding hydrogens is 224 g/mol. The van der Waals surface area contributed by atoms with Crippen molar-refractivity contribution in [2.24, 2.45) is 11.7 Å². The molecule has 0 amide bonds. The lowest BCUT2D eigenvalue weighted by atomic mass is 10.0. The Labute approximate surface area is 101 Å². The molecule has 2 nitrogen and oxygen atoms in total. The molecule has 1 atom stereocenters. The van der Waals surface area contributed by atoms with E-state index in [1.54, 1.807) is 11.3 Å². The Morgan fingerprint density at radius 1 is 1.40 bits per heavy atom. The third-order valence-electron chi connectivity index (χ3n) is 2.17. The summed E-state index contributed by atoms with van der Waals surface area (Å²) in [5.41, 5.74) is 7.09. The fourth-order valence-corrected chi connectivity index (χ4v) is 2.77. The fourth-order valence-electron chi connectivity index (χ4n) is 1.12. The summed E-state index contributed by atoms with van der Waals surface area (Å²) in [6.07, 6.45) is 0. The van der Waals surface area contributed by atoms with E-state index < -0.39 is 0 Å². The summed E-state index contributed by atoms with van der Waals surface area (Å²) in [5, 5.41) is 3.96. The van der Waals surface area contributed by atoms with Gasteiger partial charge in [0.05, 0.1) is 11.7 Å². The van der Waals surface area contributed by atoms with Gasteiger partial charge >= 0.3 is 0 Å². The van der Waals surface area contributed by atoms with Crippen LogP contribution in [0.15, 0.2) is 5.38 Å². The molecule has 0 saturated carbocycles. The molecule has 1 unspecified atom stereocenters. The van der Waals surface area contributed by atoms with Crippen LogP contribution in [0.4, 0.5) is 0 Å². The Bertz CT molecular complexity index is 295. The summed E-state index contributed by atoms with van der Waals surface area (Å²) in [4.78, 5) is 4.58. The van der Waals surface area contributed by atoms with Gasteiger partial charge in [0.15, 0.2) is 0 Å². The number of aromatic nitrogens is 1. The highest BCUT2D eigenvalue weighted by Crippen LogP contribution is 2.24. The van der Waals surface area contributed by atoms with Gasteiger partial charge in [0.2, 0.25) is 0 Å². The molecule has 1 heterocycles. The summed E-state index contributed by atoms with van der Waals surface area (Å²) in [6.45, 7) is 8.68. The Balaban J connectivity index is 2.56. The Hall–Kier alpha value is -0.0600. The van der Waals surface area contributed by atoms with Gasteiger partial charge in [0.25, 0.3) is 0 Å². The zero-order chi connectivity index (χ0) is 11.4. The average Bonchev–Trinajstić information content (AvgIpc) is 2.61. The zero-order valence-corrected chi connectivity index (χ0v) is 11.5. The fraction of sp³-hybridized carbons (Fsp3) is 0.727. The molecule has 0 aromatic carbocycles. The van der Waals surface area contributed by atoms with Gasteiger partial charge in [-0.15, -0.1) is 11.3 Å². The second-order valence-corrected chi connectivity index (χ2v) is 6.80. The molecule has 0 fully saturated rings. The lowest BCUT2D eigenvalue weighted by molar-refractivity contribution is 0.504. The van der Waals surface area contributed by atoms with Gasteiger partial charge in [-0.3, -0.25) is 0 Å². The SMILES string of the molecule is CC(C)SCc1nc(C(N)C(C)C)cs1. The number of rotatable bonds is 5. The topological polar surface area (TPSA) is 38.9 Å². The second kappa shape index (κ2) is 5.87. The molecule has 0 bridgehead atoms. The first kappa shape index (κ1) is 13.0. The smallest absolute Gasteiger partial charge is 0.103 e. The molecule has 1 rings (SSSR count). The predicted octanol–water partition coefficient (Wildman–Crippen LogP) is 3.44. The van der Waals surface area contributed by atoms with Crippen molar-refractivity contribution in [3.05, 3.63) is 16.1 Å². The molecule has 86 valence electrons. The van der Waals surface area contributed by atoms with E-state index in [-0.39, 0.29) is 6.04 Å². The zero-order valence-electron chi connectivity index (χ0n) is 9.86. The van der Waals surface area contributed by atoms with Crippen molar-refractivity contribution < 1.29 is 0 Å². The van der Waals surface area contributed by atoms with Crippen molar-refractivity contribution in [3.8, 4) is 0 Å². The first-order chi connectivity index (χ1) is 7.00. The molecule has 0 aliphatic heterocycles. The highest BCUT2D eigenvalue weighted by atomic mass is 32.2. The normalized spacial score (nSPS) is 13.8. The molecule has 1 aromatic rings. The minimum Gasteiger partial charge on any atom is -0.322 e. The average molecular weight is 244 g/mol. The van der Waals surface area contributed by atoms with Crippen LogP contribution in [0.25, 0.3) is 0 Å². The van der Waals surface area contributed by atoms with Gasteiger partial charge in [-0.25, -0.2) is 4.98 Å². The number of thiazole rings is 1. The van der Waals surface area contributed by atoms with Gasteiger partial charge in [-0.2, -0.15) is 11.8 Å². The highest BCUT2D eigenvalue weighted by Gasteiger charge is 2.14. The van der Waals surface area contributed by atoms with Crippen molar-refractivity contribution in [2.45, 2.75) is 44.7 Å². The van der Waals surface area contributed by atoms with Crippen LogP contribution in [0.2, 0.25) is 0 Å². The van der Waals surface area contributed by atoms with Gasteiger partial charge in [-0.1, -0.05) is 27.7 Å². The number of thioether (sulfide) groups is 1. The molecule has 2 N–H and O–H groups in total. The first-order valence-corrected chi connectivity index (χ1v) is 7.25. The van der Waals surface area contributed by atoms with Crippen molar-refractivity contribution in [1.29, 1.82) is 0 Å². The molecule has 0 spiro atoms. The number of hydrogen-bond donors (Lipinski definition) is 1. The molecule has 0 radical (unpaired) electrons. The van der Waals surface area contributed by atoms with Crippen molar-refractivity contribution in [2.75, 3.05) is 0 Å². The summed E-state index contributed by atoms with van der Waals surface area (Å²) < 4.78 is 0. The molecule has 0 aliphatic carbocycles. The van der Waals surface area contributed by atoms with Crippen LogP contribution < -0.4 is 5.73 Å². The van der Waals surface area contributed by atoms with E-state index in [9.17, 15) is 0 Å². The van der Waals surface area contributed by atoms with Gasteiger partial charge in [0, 0.05) is 11.1 Å². The molecular formula is C11H20N2S2. The van der Waals surface area contributed by atoms with E-state index in [0.29, 0.717) is 11.2 Å². The van der Waals surface area contributed by atoms with E-state index >= 15 is 0 Å². The molecule has 15 heavy (non-hydrogen) atoms. The lowest BCUT2D eigenvalue weighted by Gasteiger charge is -2.12. The summed E-state index contributed by atoms with van der Waals surface area (Å²) in [6, 6.07) is 0.0825. The first-order valence-electron chi connectivity index (χ1n) is 5.32. The lowest BCUT2D eigenvalue weighted by Crippen LogP contribution is -2.17. The third-order valence-corrected chi connectivity index (χ3v) is 4.33. The van der Waals surface area contributed by atoms with Crippen LogP contribution in [-0.2, 0) is 5.75 Å². The Kier molecular flexibility index (Phi) is 5.09. The van der Waals surface area contributed by atoms with Gasteiger partial charge in [0.1, 0.15) is 5.01 Å². The maximum Gasteiger partial charge on any atom is 0.103 e. The summed E-state index contributed by atoms with van der Waals surface area (Å²) in [7, 11) is 0. The van der Waals surface area contributed by atoms with E-state index in [1.807, 2.05) is 11.8 Å². The van der Waals surface area contributed by atoms with Crippen LogP contribution in [0.1, 0.15) is 44.4 Å². The van der Waals surface area contributed by atoms with Crippen molar-refractivity contribution in [3.63, 3.8) is 0 Å². The molecule has 4 heteroatoms. The monoisotopic (exact) mass is 244 g/mol. The Morgan fingerprint density at radius 2 is 2.07 bits per heavy atom. The largest absolute Gasteiger partial charge is 0.322 e.